The first kappa shape index (κ1) is 23.8. The molecule has 10 heteroatoms. The summed E-state index contributed by atoms with van der Waals surface area (Å²) in [7, 11) is 0. The summed E-state index contributed by atoms with van der Waals surface area (Å²) in [4.78, 5) is 17.7. The number of rotatable bonds is 3. The van der Waals surface area contributed by atoms with Crippen LogP contribution in [0.5, 0.6) is 0 Å². The largest absolute Gasteiger partial charge is 0.417 e. The van der Waals surface area contributed by atoms with Crippen molar-refractivity contribution >= 4 is 36.5 Å². The number of alkyl halides is 3. The predicted molar refractivity (Wildman–Crippen MR) is 95.4 cm³/mol. The Labute approximate surface area is 157 Å². The van der Waals surface area contributed by atoms with E-state index in [-0.39, 0.29) is 36.8 Å². The maximum absolute atomic E-state index is 12.6. The molecule has 0 radical (unpaired) electrons. The molecule has 1 aliphatic rings. The van der Waals surface area contributed by atoms with Gasteiger partial charge < -0.3 is 16.0 Å². The number of carbonyl (C=O) groups is 1. The molecule has 5 nitrogen and oxygen atoms in total. The lowest BCUT2D eigenvalue weighted by Crippen LogP contribution is -2.56. The van der Waals surface area contributed by atoms with Gasteiger partial charge in [-0.15, -0.1) is 24.8 Å². The Morgan fingerprint density at radius 1 is 1.32 bits per heavy atom. The fourth-order valence-electron chi connectivity index (χ4n) is 2.42. The number of hydrogen-bond donors (Lipinski definition) is 2. The molecule has 2 rings (SSSR count). The summed E-state index contributed by atoms with van der Waals surface area (Å²) in [6.07, 6.45) is -1.94. The zero-order valence-electron chi connectivity index (χ0n) is 14.0. The van der Waals surface area contributed by atoms with Gasteiger partial charge >= 0.3 is 6.18 Å². The Bertz CT molecular complexity index is 561. The molecule has 0 bridgehead atoms. The summed E-state index contributed by atoms with van der Waals surface area (Å²) in [5, 5.41) is 2.88. The lowest BCUT2D eigenvalue weighted by Gasteiger charge is -2.35. The fraction of sp³-hybridized carbons (Fsp3) is 0.600. The van der Waals surface area contributed by atoms with Gasteiger partial charge in [0.15, 0.2) is 0 Å². The van der Waals surface area contributed by atoms with Crippen LogP contribution in [0.4, 0.5) is 19.0 Å². The van der Waals surface area contributed by atoms with Gasteiger partial charge in [0, 0.05) is 25.3 Å². The minimum atomic E-state index is -4.39. The number of hydrogen-bond acceptors (Lipinski definition) is 4. The smallest absolute Gasteiger partial charge is 0.355 e. The van der Waals surface area contributed by atoms with Gasteiger partial charge in [-0.25, -0.2) is 4.98 Å². The average Bonchev–Trinajstić information content (AvgIpc) is 2.46. The van der Waals surface area contributed by atoms with Gasteiger partial charge in [-0.05, 0) is 38.8 Å². The second-order valence-electron chi connectivity index (χ2n) is 6.38. The van der Waals surface area contributed by atoms with Crippen LogP contribution in [-0.2, 0) is 11.0 Å². The number of piperidine rings is 1. The van der Waals surface area contributed by atoms with E-state index in [9.17, 15) is 18.0 Å². The Morgan fingerprint density at radius 3 is 2.44 bits per heavy atom. The molecule has 1 atom stereocenters. The van der Waals surface area contributed by atoms with Gasteiger partial charge in [0.05, 0.1) is 11.1 Å². The Morgan fingerprint density at radius 2 is 1.96 bits per heavy atom. The van der Waals surface area contributed by atoms with Gasteiger partial charge in [0.25, 0.3) is 0 Å². The Kier molecular flexibility index (Phi) is 8.47. The molecule has 2 heterocycles. The number of nitrogens with one attached hydrogen (secondary N) is 1. The molecular weight excluding hydrogens is 380 g/mol. The average molecular weight is 403 g/mol. The third-order valence-corrected chi connectivity index (χ3v) is 3.74. The van der Waals surface area contributed by atoms with Crippen LogP contribution in [0.15, 0.2) is 18.3 Å². The molecule has 0 saturated carbocycles. The quantitative estimate of drug-likeness (QED) is 0.815. The Balaban J connectivity index is 0.00000288. The fourth-order valence-corrected chi connectivity index (χ4v) is 2.42. The van der Waals surface area contributed by atoms with Crippen molar-refractivity contribution in [1.82, 2.24) is 10.3 Å². The number of pyridine rings is 1. The summed E-state index contributed by atoms with van der Waals surface area (Å²) in [6, 6.07) is 2.29. The number of amides is 1. The molecule has 1 aliphatic heterocycles. The van der Waals surface area contributed by atoms with Gasteiger partial charge in [-0.2, -0.15) is 13.2 Å². The molecule has 0 spiro atoms. The summed E-state index contributed by atoms with van der Waals surface area (Å²) in [5.41, 5.74) is 4.02. The van der Waals surface area contributed by atoms with Gasteiger partial charge in [-0.1, -0.05) is 0 Å². The topological polar surface area (TPSA) is 71.2 Å². The molecule has 25 heavy (non-hydrogen) atoms. The van der Waals surface area contributed by atoms with E-state index in [2.05, 4.69) is 10.3 Å². The van der Waals surface area contributed by atoms with Crippen LogP contribution in [0.2, 0.25) is 0 Å². The highest BCUT2D eigenvalue weighted by molar-refractivity contribution is 5.86. The molecule has 1 aromatic heterocycles. The number of nitrogens with two attached hydrogens (primary N) is 1. The molecule has 1 saturated heterocycles. The van der Waals surface area contributed by atoms with Crippen molar-refractivity contribution in [2.45, 2.75) is 44.4 Å². The number of aromatic nitrogens is 1. The van der Waals surface area contributed by atoms with E-state index < -0.39 is 17.3 Å². The first-order valence-electron chi connectivity index (χ1n) is 7.45. The number of nitrogens with zero attached hydrogens (tertiary/aromatic N) is 2. The standard InChI is InChI=1S/C15H21F3N4O.2ClH/c1-14(2,19)13(23)21-11-4-3-7-22(9-11)12-6-5-10(8-20-12)15(16,17)18;;/h5-6,8,11H,3-4,7,9,19H2,1-2H3,(H,21,23);2*1H. The number of carbonyl (C=O) groups excluding carboxylic acids is 1. The van der Waals surface area contributed by atoms with Gasteiger partial charge in [0.2, 0.25) is 5.91 Å². The first-order chi connectivity index (χ1) is 10.6. The molecule has 1 unspecified atom stereocenters. The maximum Gasteiger partial charge on any atom is 0.417 e. The SMILES string of the molecule is CC(C)(N)C(=O)NC1CCCN(c2ccc(C(F)(F)F)cn2)C1.Cl.Cl. The summed E-state index contributed by atoms with van der Waals surface area (Å²) < 4.78 is 37.7. The predicted octanol–water partition coefficient (Wildman–Crippen LogP) is 2.77. The minimum absolute atomic E-state index is 0. The van der Waals surface area contributed by atoms with E-state index >= 15 is 0 Å². The van der Waals surface area contributed by atoms with Crippen LogP contribution in [0.1, 0.15) is 32.3 Å². The third-order valence-electron chi connectivity index (χ3n) is 3.74. The highest BCUT2D eigenvalue weighted by Gasteiger charge is 2.31. The van der Waals surface area contributed by atoms with E-state index in [1.807, 2.05) is 4.90 Å². The summed E-state index contributed by atoms with van der Waals surface area (Å²) in [6.45, 7) is 4.44. The lowest BCUT2D eigenvalue weighted by molar-refractivity contribution is -0.137. The molecule has 1 amide bonds. The molecule has 3 N–H and O–H groups in total. The van der Waals surface area contributed by atoms with Crippen molar-refractivity contribution in [3.63, 3.8) is 0 Å². The second kappa shape index (κ2) is 8.91. The van der Waals surface area contributed by atoms with E-state index in [1.54, 1.807) is 13.8 Å². The van der Waals surface area contributed by atoms with E-state index in [4.69, 9.17) is 5.73 Å². The summed E-state index contributed by atoms with van der Waals surface area (Å²) >= 11 is 0. The first-order valence-corrected chi connectivity index (χ1v) is 7.45. The van der Waals surface area contributed by atoms with Crippen LogP contribution in [-0.4, -0.2) is 35.6 Å². The van der Waals surface area contributed by atoms with Crippen molar-refractivity contribution in [2.75, 3.05) is 18.0 Å². The zero-order valence-corrected chi connectivity index (χ0v) is 15.6. The summed E-state index contributed by atoms with van der Waals surface area (Å²) in [5.74, 6) is 0.230. The molecular formula is C15H23Cl2F3N4O. The highest BCUT2D eigenvalue weighted by atomic mass is 35.5. The van der Waals surface area contributed by atoms with Crippen LogP contribution in [0.25, 0.3) is 0 Å². The van der Waals surface area contributed by atoms with Crippen LogP contribution < -0.4 is 16.0 Å². The van der Waals surface area contributed by atoms with Crippen molar-refractivity contribution < 1.29 is 18.0 Å². The maximum atomic E-state index is 12.6. The van der Waals surface area contributed by atoms with Crippen molar-refractivity contribution in [3.05, 3.63) is 23.9 Å². The van der Waals surface area contributed by atoms with E-state index in [0.29, 0.717) is 18.9 Å². The molecule has 0 aromatic carbocycles. The highest BCUT2D eigenvalue weighted by Crippen LogP contribution is 2.29. The third kappa shape index (κ3) is 6.52. The van der Waals surface area contributed by atoms with E-state index in [0.717, 1.165) is 25.1 Å². The second-order valence-corrected chi connectivity index (χ2v) is 6.38. The van der Waals surface area contributed by atoms with Crippen molar-refractivity contribution in [3.8, 4) is 0 Å². The van der Waals surface area contributed by atoms with Crippen molar-refractivity contribution in [1.29, 1.82) is 0 Å². The molecule has 144 valence electrons. The van der Waals surface area contributed by atoms with Crippen LogP contribution in [0.3, 0.4) is 0 Å². The molecule has 1 fully saturated rings. The zero-order chi connectivity index (χ0) is 17.3. The van der Waals surface area contributed by atoms with E-state index in [1.165, 1.54) is 6.07 Å². The van der Waals surface area contributed by atoms with Crippen LogP contribution in [0, 0.1) is 0 Å². The van der Waals surface area contributed by atoms with Gasteiger partial charge in [-0.3, -0.25) is 4.79 Å². The minimum Gasteiger partial charge on any atom is -0.355 e. The molecule has 1 aromatic rings. The monoisotopic (exact) mass is 402 g/mol. The number of halogens is 5. The molecule has 0 aliphatic carbocycles. The Hall–Kier alpha value is -1.25. The normalized spacial score (nSPS) is 18.0. The van der Waals surface area contributed by atoms with Crippen molar-refractivity contribution in [2.24, 2.45) is 5.73 Å². The number of anilines is 1. The van der Waals surface area contributed by atoms with Gasteiger partial charge in [0.1, 0.15) is 5.82 Å². The van der Waals surface area contributed by atoms with Crippen LogP contribution >= 0.6 is 24.8 Å². The lowest BCUT2D eigenvalue weighted by atomic mass is 10.0.